The Morgan fingerprint density at radius 1 is 1.06 bits per heavy atom. The van der Waals surface area contributed by atoms with E-state index in [-0.39, 0.29) is 10.7 Å². The first kappa shape index (κ1) is 22.8. The lowest BCUT2D eigenvalue weighted by Gasteiger charge is -2.20. The number of ether oxygens (including phenoxy) is 1. The minimum Gasteiger partial charge on any atom is -0.497 e. The number of amides is 1. The van der Waals surface area contributed by atoms with Gasteiger partial charge in [-0.15, -0.1) is 0 Å². The second-order valence-electron chi connectivity index (χ2n) is 7.37. The number of rotatable bonds is 7. The molecule has 0 radical (unpaired) electrons. The molecule has 1 aromatic heterocycles. The normalized spacial score (nSPS) is 11.8. The Bertz CT molecular complexity index is 1240. The van der Waals surface area contributed by atoms with Crippen LogP contribution in [0.4, 0.5) is 5.69 Å². The van der Waals surface area contributed by atoms with Gasteiger partial charge < -0.3 is 14.5 Å². The highest BCUT2D eigenvalue weighted by Crippen LogP contribution is 2.31. The molecule has 3 aromatic rings. The van der Waals surface area contributed by atoms with Gasteiger partial charge in [0.1, 0.15) is 11.3 Å². The Morgan fingerprint density at radius 2 is 1.74 bits per heavy atom. The van der Waals surface area contributed by atoms with Gasteiger partial charge in [-0.1, -0.05) is 13.8 Å². The number of nitrogens with zero attached hydrogens (tertiary/aromatic N) is 1. The first-order chi connectivity index (χ1) is 14.6. The number of furan rings is 1. The molecule has 8 heteroatoms. The van der Waals surface area contributed by atoms with E-state index >= 15 is 0 Å². The third kappa shape index (κ3) is 4.18. The fraction of sp³-hybridized carbons (Fsp3) is 0.348. The summed E-state index contributed by atoms with van der Waals surface area (Å²) in [7, 11) is -2.08. The van der Waals surface area contributed by atoms with Crippen LogP contribution in [0.2, 0.25) is 0 Å². The van der Waals surface area contributed by atoms with Crippen LogP contribution in [0, 0.1) is 20.8 Å². The number of hydrogen-bond acceptors (Lipinski definition) is 5. The zero-order valence-corrected chi connectivity index (χ0v) is 19.5. The van der Waals surface area contributed by atoms with Crippen molar-refractivity contribution in [2.75, 3.05) is 25.5 Å². The van der Waals surface area contributed by atoms with Gasteiger partial charge in [-0.3, -0.25) is 4.79 Å². The molecule has 31 heavy (non-hydrogen) atoms. The van der Waals surface area contributed by atoms with E-state index < -0.39 is 15.9 Å². The molecule has 0 aliphatic heterocycles. The average molecular weight is 445 g/mol. The van der Waals surface area contributed by atoms with E-state index in [1.165, 1.54) is 10.4 Å². The number of fused-ring (bicyclic) bond motifs is 1. The van der Waals surface area contributed by atoms with Gasteiger partial charge in [-0.2, -0.15) is 4.31 Å². The van der Waals surface area contributed by atoms with Crippen molar-refractivity contribution >= 4 is 32.6 Å². The van der Waals surface area contributed by atoms with Gasteiger partial charge in [0, 0.05) is 29.7 Å². The zero-order valence-electron chi connectivity index (χ0n) is 18.7. The van der Waals surface area contributed by atoms with Crippen molar-refractivity contribution in [2.45, 2.75) is 39.5 Å². The van der Waals surface area contributed by atoms with Gasteiger partial charge in [-0.25, -0.2) is 8.42 Å². The molecular formula is C23H28N2O5S. The molecule has 0 bridgehead atoms. The maximum Gasteiger partial charge on any atom is 0.291 e. The van der Waals surface area contributed by atoms with Gasteiger partial charge in [-0.05, 0) is 62.2 Å². The predicted octanol–water partition coefficient (Wildman–Crippen LogP) is 4.65. The maximum atomic E-state index is 13.0. The summed E-state index contributed by atoms with van der Waals surface area (Å²) in [6.45, 7) is 9.80. The van der Waals surface area contributed by atoms with Crippen molar-refractivity contribution in [1.29, 1.82) is 0 Å². The summed E-state index contributed by atoms with van der Waals surface area (Å²) >= 11 is 0. The smallest absolute Gasteiger partial charge is 0.291 e. The lowest BCUT2D eigenvalue weighted by molar-refractivity contribution is 0.0997. The predicted molar refractivity (Wildman–Crippen MR) is 121 cm³/mol. The van der Waals surface area contributed by atoms with Gasteiger partial charge >= 0.3 is 0 Å². The molecule has 166 valence electrons. The molecule has 1 heterocycles. The van der Waals surface area contributed by atoms with Crippen LogP contribution in [0.15, 0.2) is 39.6 Å². The number of aryl methyl sites for hydroxylation is 2. The molecule has 0 atom stereocenters. The lowest BCUT2D eigenvalue weighted by Crippen LogP contribution is -2.30. The van der Waals surface area contributed by atoms with E-state index in [4.69, 9.17) is 9.15 Å². The fourth-order valence-electron chi connectivity index (χ4n) is 3.54. The van der Waals surface area contributed by atoms with Gasteiger partial charge in [0.25, 0.3) is 5.91 Å². The molecule has 1 amide bonds. The Balaban J connectivity index is 2.01. The highest BCUT2D eigenvalue weighted by molar-refractivity contribution is 7.89. The quantitative estimate of drug-likeness (QED) is 0.573. The third-order valence-corrected chi connectivity index (χ3v) is 7.61. The summed E-state index contributed by atoms with van der Waals surface area (Å²) in [5.41, 5.74) is 3.27. The van der Waals surface area contributed by atoms with E-state index in [1.807, 2.05) is 19.9 Å². The van der Waals surface area contributed by atoms with Crippen molar-refractivity contribution < 1.29 is 22.4 Å². The molecule has 0 unspecified atom stereocenters. The number of hydrogen-bond donors (Lipinski definition) is 1. The number of anilines is 1. The summed E-state index contributed by atoms with van der Waals surface area (Å²) in [6.07, 6.45) is 0. The minimum atomic E-state index is -3.66. The van der Waals surface area contributed by atoms with Gasteiger partial charge in [0.05, 0.1) is 12.0 Å². The zero-order chi connectivity index (χ0) is 22.9. The lowest BCUT2D eigenvalue weighted by atomic mass is 10.1. The van der Waals surface area contributed by atoms with Crippen molar-refractivity contribution in [1.82, 2.24) is 4.31 Å². The third-order valence-electron chi connectivity index (χ3n) is 5.58. The molecule has 0 spiro atoms. The van der Waals surface area contributed by atoms with Crippen LogP contribution >= 0.6 is 0 Å². The van der Waals surface area contributed by atoms with E-state index in [2.05, 4.69) is 5.32 Å². The average Bonchev–Trinajstić information content (AvgIpc) is 3.07. The molecule has 0 fully saturated rings. The number of methoxy groups -OCH3 is 1. The van der Waals surface area contributed by atoms with Crippen LogP contribution < -0.4 is 10.1 Å². The van der Waals surface area contributed by atoms with E-state index in [1.54, 1.807) is 46.1 Å². The number of carbonyl (C=O) groups excluding carboxylic acids is 1. The van der Waals surface area contributed by atoms with Gasteiger partial charge in [0.15, 0.2) is 5.76 Å². The Kier molecular flexibility index (Phi) is 6.43. The van der Waals surface area contributed by atoms with Crippen molar-refractivity contribution in [3.63, 3.8) is 0 Å². The van der Waals surface area contributed by atoms with E-state index in [0.29, 0.717) is 35.7 Å². The number of carbonyl (C=O) groups is 1. The van der Waals surface area contributed by atoms with Crippen molar-refractivity contribution in [2.24, 2.45) is 0 Å². The number of benzene rings is 2. The maximum absolute atomic E-state index is 13.0. The molecule has 2 aromatic carbocycles. The van der Waals surface area contributed by atoms with E-state index in [0.717, 1.165) is 16.5 Å². The minimum absolute atomic E-state index is 0.153. The van der Waals surface area contributed by atoms with Crippen molar-refractivity contribution in [3.8, 4) is 5.75 Å². The molecule has 3 rings (SSSR count). The molecular weight excluding hydrogens is 416 g/mol. The van der Waals surface area contributed by atoms with Gasteiger partial charge in [0.2, 0.25) is 10.0 Å². The van der Waals surface area contributed by atoms with Crippen molar-refractivity contribution in [3.05, 3.63) is 52.8 Å². The number of sulfonamides is 1. The second-order valence-corrected chi connectivity index (χ2v) is 9.31. The van der Waals surface area contributed by atoms with Crippen LogP contribution in [0.3, 0.4) is 0 Å². The Labute approximate surface area is 183 Å². The van der Waals surface area contributed by atoms with Crippen LogP contribution in [-0.2, 0) is 10.0 Å². The monoisotopic (exact) mass is 444 g/mol. The van der Waals surface area contributed by atoms with E-state index in [9.17, 15) is 13.2 Å². The highest BCUT2D eigenvalue weighted by Gasteiger charge is 2.25. The Morgan fingerprint density at radius 3 is 2.35 bits per heavy atom. The topological polar surface area (TPSA) is 88.9 Å². The molecule has 0 saturated heterocycles. The molecule has 0 aliphatic rings. The largest absolute Gasteiger partial charge is 0.497 e. The summed E-state index contributed by atoms with van der Waals surface area (Å²) in [6, 6.07) is 8.48. The summed E-state index contributed by atoms with van der Waals surface area (Å²) in [5.74, 6) is 0.411. The molecule has 1 N–H and O–H groups in total. The number of nitrogens with one attached hydrogen (secondary N) is 1. The molecule has 0 saturated carbocycles. The first-order valence-corrected chi connectivity index (χ1v) is 11.6. The standard InChI is InChI=1S/C23H28N2O5S/c1-7-25(8-2)31(27,28)18-11-14(3)15(4)20(13-18)24-23(26)22-16(5)19-12-17(29-6)9-10-21(19)30-22/h9-13H,7-8H2,1-6H3,(H,24,26). The Hall–Kier alpha value is -2.84. The second kappa shape index (κ2) is 8.72. The first-order valence-electron chi connectivity index (χ1n) is 10.1. The summed E-state index contributed by atoms with van der Waals surface area (Å²) in [4.78, 5) is 13.2. The van der Waals surface area contributed by atoms with Crippen LogP contribution in [-0.4, -0.2) is 38.8 Å². The SMILES string of the molecule is CCN(CC)S(=O)(=O)c1cc(C)c(C)c(NC(=O)c2oc3ccc(OC)cc3c2C)c1. The molecule has 7 nitrogen and oxygen atoms in total. The van der Waals surface area contributed by atoms with Crippen LogP contribution in [0.25, 0.3) is 11.0 Å². The summed E-state index contributed by atoms with van der Waals surface area (Å²) in [5, 5.41) is 3.63. The summed E-state index contributed by atoms with van der Waals surface area (Å²) < 4.78 is 38.4. The van der Waals surface area contributed by atoms with Crippen LogP contribution in [0.5, 0.6) is 5.75 Å². The van der Waals surface area contributed by atoms with Crippen LogP contribution in [0.1, 0.15) is 41.1 Å². The highest BCUT2D eigenvalue weighted by atomic mass is 32.2. The fourth-order valence-corrected chi connectivity index (χ4v) is 5.11. The molecule has 0 aliphatic carbocycles.